The Labute approximate surface area is 170 Å². The predicted octanol–water partition coefficient (Wildman–Crippen LogP) is 1.48. The van der Waals surface area contributed by atoms with Crippen LogP contribution in [0.1, 0.15) is 48.2 Å². The van der Waals surface area contributed by atoms with Gasteiger partial charge in [0.25, 0.3) is 5.91 Å². The van der Waals surface area contributed by atoms with E-state index in [-0.39, 0.29) is 23.9 Å². The molecule has 0 unspecified atom stereocenters. The molecule has 154 valence electrons. The lowest BCUT2D eigenvalue weighted by Gasteiger charge is -2.30. The average molecular weight is 396 g/mol. The number of nitrogens with one attached hydrogen (secondary N) is 3. The molecule has 3 N–H and O–H groups in total. The molecule has 2 aliphatic rings. The molecule has 2 atom stereocenters. The van der Waals surface area contributed by atoms with Gasteiger partial charge in [-0.25, -0.2) is 4.98 Å². The van der Waals surface area contributed by atoms with E-state index >= 15 is 0 Å². The van der Waals surface area contributed by atoms with Gasteiger partial charge in [-0.1, -0.05) is 6.07 Å². The lowest BCUT2D eigenvalue weighted by Crippen LogP contribution is -2.45. The van der Waals surface area contributed by atoms with E-state index in [0.29, 0.717) is 25.2 Å². The van der Waals surface area contributed by atoms with Crippen LogP contribution in [0, 0.1) is 5.92 Å². The van der Waals surface area contributed by atoms with Gasteiger partial charge < -0.3 is 15.6 Å². The number of H-pyrrole nitrogens is 1. The minimum atomic E-state index is -0.133. The highest BCUT2D eigenvalue weighted by Gasteiger charge is 2.38. The number of hydrogen-bond donors (Lipinski definition) is 3. The Balaban J connectivity index is 1.29. The second-order valence-electron chi connectivity index (χ2n) is 8.04. The molecule has 3 heterocycles. The van der Waals surface area contributed by atoms with Crippen LogP contribution in [-0.2, 0) is 11.3 Å². The number of amides is 2. The second kappa shape index (κ2) is 9.17. The Morgan fingerprint density at radius 2 is 1.97 bits per heavy atom. The van der Waals surface area contributed by atoms with Crippen molar-refractivity contribution in [3.05, 3.63) is 48.3 Å². The summed E-state index contributed by atoms with van der Waals surface area (Å²) in [5.74, 6) is 0.674. The van der Waals surface area contributed by atoms with E-state index in [1.165, 1.54) is 25.4 Å². The smallest absolute Gasteiger partial charge is 0.269 e. The van der Waals surface area contributed by atoms with E-state index in [0.717, 1.165) is 30.9 Å². The van der Waals surface area contributed by atoms with Gasteiger partial charge in [-0.2, -0.15) is 0 Å². The molecule has 2 fully saturated rings. The van der Waals surface area contributed by atoms with Crippen LogP contribution >= 0.6 is 0 Å². The van der Waals surface area contributed by atoms with Crippen molar-refractivity contribution in [1.29, 1.82) is 0 Å². The maximum absolute atomic E-state index is 12.5. The highest BCUT2D eigenvalue weighted by atomic mass is 16.2. The number of carbonyl (C=O) groups excluding carboxylic acids is 2. The summed E-state index contributed by atoms with van der Waals surface area (Å²) < 4.78 is 0. The lowest BCUT2D eigenvalue weighted by atomic mass is 10.1. The summed E-state index contributed by atoms with van der Waals surface area (Å²) in [6, 6.07) is 4.34. The molecule has 1 aliphatic carbocycles. The fraction of sp³-hybridized carbons (Fsp3) is 0.524. The van der Waals surface area contributed by atoms with Gasteiger partial charge in [-0.15, -0.1) is 0 Å². The number of imidazole rings is 1. The standard InChI is InChI=1S/C21H28N6O2/c28-20(24-10-16-2-1-7-22-9-16)8-17-5-6-18(27(17)13-15-3-4-15)11-25-21(29)19-12-23-14-26-19/h1-2,7,9,12,14-15,17-18H,3-6,8,10-11,13H2,(H,23,26)(H,24,28)(H,25,29)/t17-,18+/m1/s1. The minimum absolute atomic E-state index is 0.0711. The number of hydrogen-bond acceptors (Lipinski definition) is 5. The quantitative estimate of drug-likeness (QED) is 0.596. The molecular weight excluding hydrogens is 368 g/mol. The van der Waals surface area contributed by atoms with Crippen LogP contribution in [0.15, 0.2) is 37.1 Å². The maximum Gasteiger partial charge on any atom is 0.269 e. The molecule has 0 radical (unpaired) electrons. The first-order valence-corrected chi connectivity index (χ1v) is 10.4. The molecule has 0 bridgehead atoms. The summed E-state index contributed by atoms with van der Waals surface area (Å²) in [6.45, 7) is 2.12. The van der Waals surface area contributed by atoms with Crippen LogP contribution in [0.4, 0.5) is 0 Å². The number of pyridine rings is 1. The van der Waals surface area contributed by atoms with Crippen molar-refractivity contribution in [1.82, 2.24) is 30.5 Å². The van der Waals surface area contributed by atoms with Gasteiger partial charge in [0.15, 0.2) is 0 Å². The summed E-state index contributed by atoms with van der Waals surface area (Å²) >= 11 is 0. The Kier molecular flexibility index (Phi) is 6.19. The monoisotopic (exact) mass is 396 g/mol. The number of likely N-dealkylation sites (tertiary alicyclic amines) is 1. The molecule has 2 amide bonds. The predicted molar refractivity (Wildman–Crippen MR) is 108 cm³/mol. The van der Waals surface area contributed by atoms with Crippen molar-refractivity contribution < 1.29 is 9.59 Å². The van der Waals surface area contributed by atoms with Gasteiger partial charge >= 0.3 is 0 Å². The third-order valence-corrected chi connectivity index (χ3v) is 5.81. The average Bonchev–Trinajstić information content (AvgIpc) is 3.23. The zero-order valence-corrected chi connectivity index (χ0v) is 16.5. The first-order chi connectivity index (χ1) is 14.2. The van der Waals surface area contributed by atoms with Crippen molar-refractivity contribution in [3.8, 4) is 0 Å². The first-order valence-electron chi connectivity index (χ1n) is 10.4. The van der Waals surface area contributed by atoms with E-state index in [2.05, 4.69) is 30.5 Å². The van der Waals surface area contributed by atoms with Crippen molar-refractivity contribution in [2.24, 2.45) is 5.92 Å². The summed E-state index contributed by atoms with van der Waals surface area (Å²) in [4.78, 5) is 38.0. The third-order valence-electron chi connectivity index (χ3n) is 5.81. The Morgan fingerprint density at radius 3 is 2.69 bits per heavy atom. The van der Waals surface area contributed by atoms with Crippen molar-refractivity contribution in [2.45, 2.75) is 50.7 Å². The van der Waals surface area contributed by atoms with Crippen molar-refractivity contribution in [2.75, 3.05) is 13.1 Å². The van der Waals surface area contributed by atoms with Crippen LogP contribution in [0.5, 0.6) is 0 Å². The van der Waals surface area contributed by atoms with Crippen molar-refractivity contribution in [3.63, 3.8) is 0 Å². The molecule has 8 nitrogen and oxygen atoms in total. The molecule has 1 saturated carbocycles. The summed E-state index contributed by atoms with van der Waals surface area (Å²) in [6.07, 6.45) is 11.5. The Hall–Kier alpha value is -2.74. The topological polar surface area (TPSA) is 103 Å². The van der Waals surface area contributed by atoms with Crippen LogP contribution in [0.3, 0.4) is 0 Å². The lowest BCUT2D eigenvalue weighted by molar-refractivity contribution is -0.122. The first kappa shape index (κ1) is 19.6. The van der Waals surface area contributed by atoms with Gasteiger partial charge in [0, 0.05) is 50.5 Å². The summed E-state index contributed by atoms with van der Waals surface area (Å²) in [5, 5.41) is 6.02. The van der Waals surface area contributed by atoms with Crippen LogP contribution in [-0.4, -0.2) is 56.8 Å². The highest BCUT2D eigenvalue weighted by molar-refractivity contribution is 5.91. The molecular formula is C21H28N6O2. The fourth-order valence-electron chi connectivity index (χ4n) is 4.03. The fourth-order valence-corrected chi connectivity index (χ4v) is 4.03. The molecule has 1 aliphatic heterocycles. The molecule has 2 aromatic heterocycles. The normalized spacial score (nSPS) is 21.8. The molecule has 29 heavy (non-hydrogen) atoms. The Bertz CT molecular complexity index is 806. The summed E-state index contributed by atoms with van der Waals surface area (Å²) in [5.41, 5.74) is 1.48. The number of rotatable bonds is 9. The maximum atomic E-state index is 12.5. The molecule has 1 saturated heterocycles. The van der Waals surface area contributed by atoms with Gasteiger partial charge in [-0.3, -0.25) is 19.5 Å². The van der Waals surface area contributed by atoms with E-state index in [1.54, 1.807) is 12.4 Å². The second-order valence-corrected chi connectivity index (χ2v) is 8.04. The zero-order chi connectivity index (χ0) is 20.1. The number of aromatic nitrogens is 3. The SMILES string of the molecule is O=C(C[C@H]1CC[C@@H](CNC(=O)c2cnc[nH]2)N1CC1CC1)NCc1cccnc1. The van der Waals surface area contributed by atoms with Gasteiger partial charge in [0.1, 0.15) is 5.69 Å². The molecule has 0 aromatic carbocycles. The molecule has 4 rings (SSSR count). The van der Waals surface area contributed by atoms with E-state index in [4.69, 9.17) is 0 Å². The number of nitrogens with zero attached hydrogens (tertiary/aromatic N) is 3. The molecule has 2 aromatic rings. The highest BCUT2D eigenvalue weighted by Crippen LogP contribution is 2.35. The minimum Gasteiger partial charge on any atom is -0.352 e. The largest absolute Gasteiger partial charge is 0.352 e. The zero-order valence-electron chi connectivity index (χ0n) is 16.5. The van der Waals surface area contributed by atoms with Crippen LogP contribution < -0.4 is 10.6 Å². The molecule has 8 heteroatoms. The third kappa shape index (κ3) is 5.41. The number of aromatic amines is 1. The van der Waals surface area contributed by atoms with E-state index in [9.17, 15) is 9.59 Å². The van der Waals surface area contributed by atoms with Gasteiger partial charge in [0.05, 0.1) is 12.5 Å². The van der Waals surface area contributed by atoms with Gasteiger partial charge in [-0.05, 0) is 43.2 Å². The van der Waals surface area contributed by atoms with E-state index in [1.807, 2.05) is 12.1 Å². The van der Waals surface area contributed by atoms with Crippen molar-refractivity contribution >= 4 is 11.8 Å². The van der Waals surface area contributed by atoms with Crippen LogP contribution in [0.2, 0.25) is 0 Å². The van der Waals surface area contributed by atoms with E-state index < -0.39 is 0 Å². The summed E-state index contributed by atoms with van der Waals surface area (Å²) in [7, 11) is 0. The van der Waals surface area contributed by atoms with Crippen LogP contribution in [0.25, 0.3) is 0 Å². The number of carbonyl (C=O) groups is 2. The molecule has 0 spiro atoms. The Morgan fingerprint density at radius 1 is 1.10 bits per heavy atom. The van der Waals surface area contributed by atoms with Gasteiger partial charge in [0.2, 0.25) is 5.91 Å².